The molecule has 2 rings (SSSR count). The summed E-state index contributed by atoms with van der Waals surface area (Å²) in [7, 11) is 0. The van der Waals surface area contributed by atoms with Crippen LogP contribution in [0.3, 0.4) is 0 Å². The molecule has 0 spiro atoms. The molecule has 0 aromatic heterocycles. The predicted molar refractivity (Wildman–Crippen MR) is 110 cm³/mol. The van der Waals surface area contributed by atoms with Crippen molar-refractivity contribution in [1.29, 1.82) is 0 Å². The molecule has 0 bridgehead atoms. The van der Waals surface area contributed by atoms with Crippen molar-refractivity contribution in [2.75, 3.05) is 24.7 Å². The molecule has 0 saturated heterocycles. The number of ether oxygens (including phenoxy) is 2. The van der Waals surface area contributed by atoms with E-state index in [0.717, 1.165) is 48.9 Å². The van der Waals surface area contributed by atoms with E-state index in [9.17, 15) is 0 Å². The van der Waals surface area contributed by atoms with Crippen LogP contribution < -0.4 is 20.9 Å². The molecule has 2 aromatic carbocycles. The minimum absolute atomic E-state index is 0. The Morgan fingerprint density at radius 1 is 0.520 bits per heavy atom. The first-order chi connectivity index (χ1) is 11.2. The molecule has 0 heterocycles. The van der Waals surface area contributed by atoms with Crippen molar-refractivity contribution < 1.29 is 9.47 Å². The zero-order chi connectivity index (χ0) is 16.3. The third-order valence-corrected chi connectivity index (χ3v) is 3.59. The fourth-order valence-electron chi connectivity index (χ4n) is 2.24. The van der Waals surface area contributed by atoms with Gasteiger partial charge in [0.05, 0.1) is 13.2 Å². The number of anilines is 2. The van der Waals surface area contributed by atoms with E-state index >= 15 is 0 Å². The van der Waals surface area contributed by atoms with Gasteiger partial charge < -0.3 is 20.9 Å². The molecule has 0 fully saturated rings. The maximum atomic E-state index is 5.67. The van der Waals surface area contributed by atoms with Gasteiger partial charge in [0.15, 0.2) is 0 Å². The molecular formula is C19H28Cl2N2O2. The lowest BCUT2D eigenvalue weighted by atomic mass is 10.1. The molecular weight excluding hydrogens is 359 g/mol. The summed E-state index contributed by atoms with van der Waals surface area (Å²) < 4.78 is 11.3. The number of rotatable bonds is 10. The second kappa shape index (κ2) is 13.5. The number of nitrogens with two attached hydrogens (primary N) is 2. The summed E-state index contributed by atoms with van der Waals surface area (Å²) in [6.45, 7) is 1.51. The highest BCUT2D eigenvalue weighted by Crippen LogP contribution is 2.15. The molecule has 0 radical (unpaired) electrons. The number of benzene rings is 2. The number of halogens is 2. The zero-order valence-electron chi connectivity index (χ0n) is 14.4. The average molecular weight is 387 g/mol. The number of hydrogen-bond donors (Lipinski definition) is 2. The van der Waals surface area contributed by atoms with Gasteiger partial charge in [-0.05, 0) is 61.4 Å². The maximum Gasteiger partial charge on any atom is 0.119 e. The molecule has 2 aromatic rings. The lowest BCUT2D eigenvalue weighted by Crippen LogP contribution is -1.99. The van der Waals surface area contributed by atoms with Gasteiger partial charge in [-0.2, -0.15) is 0 Å². The largest absolute Gasteiger partial charge is 0.494 e. The Balaban J connectivity index is 0.00000288. The van der Waals surface area contributed by atoms with Crippen LogP contribution in [0.4, 0.5) is 11.4 Å². The third-order valence-electron chi connectivity index (χ3n) is 3.59. The van der Waals surface area contributed by atoms with Crippen LogP contribution in [0.2, 0.25) is 0 Å². The summed E-state index contributed by atoms with van der Waals surface area (Å²) in [4.78, 5) is 0. The van der Waals surface area contributed by atoms with E-state index in [1.165, 1.54) is 19.3 Å². The summed E-state index contributed by atoms with van der Waals surface area (Å²) in [6.07, 6.45) is 5.70. The summed E-state index contributed by atoms with van der Waals surface area (Å²) in [5.74, 6) is 1.77. The van der Waals surface area contributed by atoms with Crippen LogP contribution in [0, 0.1) is 0 Å². The molecule has 0 atom stereocenters. The third kappa shape index (κ3) is 9.95. The van der Waals surface area contributed by atoms with E-state index in [0.29, 0.717) is 0 Å². The topological polar surface area (TPSA) is 70.5 Å². The van der Waals surface area contributed by atoms with Crippen molar-refractivity contribution in [3.63, 3.8) is 0 Å². The molecule has 4 N–H and O–H groups in total. The maximum absolute atomic E-state index is 5.67. The van der Waals surface area contributed by atoms with Crippen LogP contribution in [0.5, 0.6) is 11.5 Å². The van der Waals surface area contributed by atoms with Crippen molar-refractivity contribution >= 4 is 36.2 Å². The van der Waals surface area contributed by atoms with Crippen LogP contribution in [-0.2, 0) is 0 Å². The van der Waals surface area contributed by atoms with E-state index in [4.69, 9.17) is 20.9 Å². The lowest BCUT2D eigenvalue weighted by molar-refractivity contribution is 0.293. The van der Waals surface area contributed by atoms with Gasteiger partial charge in [-0.25, -0.2) is 0 Å². The van der Waals surface area contributed by atoms with Gasteiger partial charge in [0.25, 0.3) is 0 Å². The molecule has 140 valence electrons. The first kappa shape index (κ1) is 23.2. The first-order valence-electron chi connectivity index (χ1n) is 8.21. The second-order valence-corrected chi connectivity index (χ2v) is 5.60. The van der Waals surface area contributed by atoms with E-state index < -0.39 is 0 Å². The zero-order valence-corrected chi connectivity index (χ0v) is 16.0. The van der Waals surface area contributed by atoms with Gasteiger partial charge >= 0.3 is 0 Å². The van der Waals surface area contributed by atoms with E-state index in [-0.39, 0.29) is 24.8 Å². The highest BCUT2D eigenvalue weighted by molar-refractivity contribution is 5.85. The van der Waals surface area contributed by atoms with Gasteiger partial charge in [0.2, 0.25) is 0 Å². The van der Waals surface area contributed by atoms with Crippen LogP contribution >= 0.6 is 24.8 Å². The lowest BCUT2D eigenvalue weighted by Gasteiger charge is -2.07. The van der Waals surface area contributed by atoms with Crippen molar-refractivity contribution in [1.82, 2.24) is 0 Å². The number of nitrogen functional groups attached to an aromatic ring is 2. The summed E-state index contributed by atoms with van der Waals surface area (Å²) in [5.41, 5.74) is 12.8. The van der Waals surface area contributed by atoms with Crippen LogP contribution in [0.15, 0.2) is 48.5 Å². The minimum Gasteiger partial charge on any atom is -0.494 e. The Labute approximate surface area is 162 Å². The molecule has 0 aliphatic carbocycles. The Kier molecular flexibility index (Phi) is 12.5. The summed E-state index contributed by atoms with van der Waals surface area (Å²) >= 11 is 0. The molecule has 0 saturated carbocycles. The normalized spacial score (nSPS) is 9.60. The van der Waals surface area contributed by atoms with Crippen molar-refractivity contribution in [2.24, 2.45) is 0 Å². The number of unbranched alkanes of at least 4 members (excludes halogenated alkanes) is 4. The fraction of sp³-hybridized carbons (Fsp3) is 0.368. The summed E-state index contributed by atoms with van der Waals surface area (Å²) in [6, 6.07) is 15.1. The number of hydrogen-bond acceptors (Lipinski definition) is 4. The SMILES string of the molecule is Cl.Cl.Nc1ccc(OCCCCCCCOc2ccc(N)cc2)cc1. The molecule has 0 amide bonds. The highest BCUT2D eigenvalue weighted by Gasteiger charge is 1.96. The Morgan fingerprint density at radius 3 is 1.20 bits per heavy atom. The van der Waals surface area contributed by atoms with Crippen molar-refractivity contribution in [2.45, 2.75) is 32.1 Å². The van der Waals surface area contributed by atoms with Crippen molar-refractivity contribution in [3.8, 4) is 11.5 Å². The van der Waals surface area contributed by atoms with Gasteiger partial charge in [-0.3, -0.25) is 0 Å². The van der Waals surface area contributed by atoms with E-state index in [2.05, 4.69) is 0 Å². The monoisotopic (exact) mass is 386 g/mol. The van der Waals surface area contributed by atoms with E-state index in [1.54, 1.807) is 0 Å². The molecule has 0 aliphatic heterocycles. The van der Waals surface area contributed by atoms with Gasteiger partial charge in [0.1, 0.15) is 11.5 Å². The Hall–Kier alpha value is -1.78. The highest BCUT2D eigenvalue weighted by atomic mass is 35.5. The van der Waals surface area contributed by atoms with Crippen LogP contribution in [0.25, 0.3) is 0 Å². The standard InChI is InChI=1S/C19H26N2O2.2ClH/c20-16-6-10-18(11-7-16)22-14-4-2-1-3-5-15-23-19-12-8-17(21)9-13-19;;/h6-13H,1-5,14-15,20-21H2;2*1H. The Bertz CT molecular complexity index is 511. The minimum atomic E-state index is 0. The Morgan fingerprint density at radius 2 is 0.840 bits per heavy atom. The average Bonchev–Trinajstić information content (AvgIpc) is 2.56. The van der Waals surface area contributed by atoms with Crippen molar-refractivity contribution in [3.05, 3.63) is 48.5 Å². The molecule has 4 nitrogen and oxygen atoms in total. The predicted octanol–water partition coefficient (Wildman–Crippen LogP) is 5.10. The molecule has 0 unspecified atom stereocenters. The van der Waals surface area contributed by atoms with Gasteiger partial charge in [-0.1, -0.05) is 19.3 Å². The fourth-order valence-corrected chi connectivity index (χ4v) is 2.24. The summed E-state index contributed by atoms with van der Waals surface area (Å²) in [5, 5.41) is 0. The van der Waals surface area contributed by atoms with E-state index in [1.807, 2.05) is 48.5 Å². The van der Waals surface area contributed by atoms with Gasteiger partial charge in [0, 0.05) is 11.4 Å². The molecule has 25 heavy (non-hydrogen) atoms. The van der Waals surface area contributed by atoms with Crippen LogP contribution in [0.1, 0.15) is 32.1 Å². The molecule has 6 heteroatoms. The smallest absolute Gasteiger partial charge is 0.119 e. The second-order valence-electron chi connectivity index (χ2n) is 5.60. The first-order valence-corrected chi connectivity index (χ1v) is 8.21. The quantitative estimate of drug-likeness (QED) is 0.439. The van der Waals surface area contributed by atoms with Crippen LogP contribution in [-0.4, -0.2) is 13.2 Å². The molecule has 0 aliphatic rings. The van der Waals surface area contributed by atoms with Gasteiger partial charge in [-0.15, -0.1) is 24.8 Å².